The first-order valence-corrected chi connectivity index (χ1v) is 7.03. The van der Waals surface area contributed by atoms with Crippen LogP contribution in [-0.2, 0) is 10.8 Å². The SMILES string of the molecule is CCS(=O)CCNC(=O)c1c(C)cccc1N. The number of aryl methyl sites for hydroxylation is 1. The highest BCUT2D eigenvalue weighted by Gasteiger charge is 2.11. The standard InChI is InChI=1S/C12H18N2O2S/c1-3-17(16)8-7-14-12(15)11-9(2)5-4-6-10(11)13/h4-6H,3,7-8,13H2,1-2H3,(H,14,15). The normalized spacial score (nSPS) is 12.1. The zero-order valence-corrected chi connectivity index (χ0v) is 11.0. The van der Waals surface area contributed by atoms with Crippen LogP contribution in [0.1, 0.15) is 22.8 Å². The van der Waals surface area contributed by atoms with Gasteiger partial charge in [0.2, 0.25) is 0 Å². The van der Waals surface area contributed by atoms with Crippen LogP contribution in [0.2, 0.25) is 0 Å². The van der Waals surface area contributed by atoms with E-state index >= 15 is 0 Å². The summed E-state index contributed by atoms with van der Waals surface area (Å²) in [6, 6.07) is 5.36. The molecule has 3 N–H and O–H groups in total. The van der Waals surface area contributed by atoms with Gasteiger partial charge in [-0.05, 0) is 18.6 Å². The Morgan fingerprint density at radius 1 is 1.47 bits per heavy atom. The van der Waals surface area contributed by atoms with Crippen molar-refractivity contribution in [3.8, 4) is 0 Å². The fourth-order valence-corrected chi connectivity index (χ4v) is 2.13. The highest BCUT2D eigenvalue weighted by molar-refractivity contribution is 7.84. The number of nitrogen functional groups attached to an aromatic ring is 1. The average Bonchev–Trinajstić information content (AvgIpc) is 2.28. The molecule has 0 saturated heterocycles. The molecule has 5 heteroatoms. The van der Waals surface area contributed by atoms with E-state index in [1.165, 1.54) is 0 Å². The van der Waals surface area contributed by atoms with Crippen LogP contribution >= 0.6 is 0 Å². The molecule has 0 radical (unpaired) electrons. The van der Waals surface area contributed by atoms with E-state index in [1.807, 2.05) is 26.0 Å². The van der Waals surface area contributed by atoms with Crippen LogP contribution in [0.25, 0.3) is 0 Å². The van der Waals surface area contributed by atoms with E-state index in [1.54, 1.807) is 6.07 Å². The molecule has 1 aromatic rings. The number of carbonyl (C=O) groups excluding carboxylic acids is 1. The number of rotatable bonds is 5. The van der Waals surface area contributed by atoms with Crippen molar-refractivity contribution in [2.75, 3.05) is 23.8 Å². The maximum Gasteiger partial charge on any atom is 0.253 e. The largest absolute Gasteiger partial charge is 0.398 e. The molecule has 0 spiro atoms. The summed E-state index contributed by atoms with van der Waals surface area (Å²) in [5.74, 6) is 0.893. The van der Waals surface area contributed by atoms with Crippen LogP contribution in [0.5, 0.6) is 0 Å². The van der Waals surface area contributed by atoms with Gasteiger partial charge in [0.25, 0.3) is 5.91 Å². The van der Waals surface area contributed by atoms with Gasteiger partial charge in [0.15, 0.2) is 0 Å². The van der Waals surface area contributed by atoms with Crippen molar-refractivity contribution in [1.29, 1.82) is 0 Å². The Morgan fingerprint density at radius 2 is 2.18 bits per heavy atom. The summed E-state index contributed by atoms with van der Waals surface area (Å²) in [5, 5.41) is 2.73. The smallest absolute Gasteiger partial charge is 0.253 e. The summed E-state index contributed by atoms with van der Waals surface area (Å²) in [5.41, 5.74) is 7.59. The highest BCUT2D eigenvalue weighted by Crippen LogP contribution is 2.15. The summed E-state index contributed by atoms with van der Waals surface area (Å²) in [6.07, 6.45) is 0. The molecular formula is C12H18N2O2S. The van der Waals surface area contributed by atoms with Crippen molar-refractivity contribution in [2.24, 2.45) is 0 Å². The van der Waals surface area contributed by atoms with Crippen molar-refractivity contribution < 1.29 is 9.00 Å². The lowest BCUT2D eigenvalue weighted by Crippen LogP contribution is -2.29. The number of hydrogen-bond acceptors (Lipinski definition) is 3. The van der Waals surface area contributed by atoms with Crippen molar-refractivity contribution in [3.63, 3.8) is 0 Å². The van der Waals surface area contributed by atoms with E-state index in [0.29, 0.717) is 29.3 Å². The van der Waals surface area contributed by atoms with Crippen LogP contribution in [0.4, 0.5) is 5.69 Å². The first kappa shape index (κ1) is 13.7. The van der Waals surface area contributed by atoms with E-state index < -0.39 is 10.8 Å². The van der Waals surface area contributed by atoms with Gasteiger partial charge < -0.3 is 11.1 Å². The lowest BCUT2D eigenvalue weighted by atomic mass is 10.1. The summed E-state index contributed by atoms with van der Waals surface area (Å²) >= 11 is 0. The lowest BCUT2D eigenvalue weighted by molar-refractivity contribution is 0.0956. The van der Waals surface area contributed by atoms with Gasteiger partial charge in [0.05, 0.1) is 5.56 Å². The first-order chi connectivity index (χ1) is 8.06. The molecule has 17 heavy (non-hydrogen) atoms. The van der Waals surface area contributed by atoms with Crippen molar-refractivity contribution in [2.45, 2.75) is 13.8 Å². The molecule has 0 saturated carbocycles. The van der Waals surface area contributed by atoms with Crippen LogP contribution in [0, 0.1) is 6.92 Å². The number of nitrogens with one attached hydrogen (secondary N) is 1. The van der Waals surface area contributed by atoms with Crippen LogP contribution < -0.4 is 11.1 Å². The Morgan fingerprint density at radius 3 is 2.76 bits per heavy atom. The van der Waals surface area contributed by atoms with Gasteiger partial charge in [-0.3, -0.25) is 9.00 Å². The number of anilines is 1. The molecule has 1 atom stereocenters. The maximum atomic E-state index is 11.9. The third-order valence-electron chi connectivity index (χ3n) is 2.47. The number of nitrogens with two attached hydrogens (primary N) is 1. The molecule has 1 unspecified atom stereocenters. The minimum absolute atomic E-state index is 0.200. The van der Waals surface area contributed by atoms with Crippen LogP contribution in [-0.4, -0.2) is 28.2 Å². The average molecular weight is 254 g/mol. The Balaban J connectivity index is 2.61. The van der Waals surface area contributed by atoms with E-state index in [9.17, 15) is 9.00 Å². The van der Waals surface area contributed by atoms with Crippen molar-refractivity contribution in [1.82, 2.24) is 5.32 Å². The second-order valence-electron chi connectivity index (χ2n) is 3.73. The van der Waals surface area contributed by atoms with Gasteiger partial charge in [-0.1, -0.05) is 19.1 Å². The molecule has 0 heterocycles. The summed E-state index contributed by atoms with van der Waals surface area (Å²) in [4.78, 5) is 11.9. The number of hydrogen-bond donors (Lipinski definition) is 2. The van der Waals surface area contributed by atoms with Gasteiger partial charge in [-0.25, -0.2) is 0 Å². The minimum atomic E-state index is -0.856. The van der Waals surface area contributed by atoms with E-state index in [-0.39, 0.29) is 5.91 Å². The van der Waals surface area contributed by atoms with Gasteiger partial charge in [0, 0.05) is 34.5 Å². The fraction of sp³-hybridized carbons (Fsp3) is 0.417. The molecule has 0 aliphatic rings. The number of amides is 1. The van der Waals surface area contributed by atoms with Crippen molar-refractivity contribution >= 4 is 22.4 Å². The molecule has 1 aromatic carbocycles. The van der Waals surface area contributed by atoms with Gasteiger partial charge >= 0.3 is 0 Å². The third kappa shape index (κ3) is 3.85. The van der Waals surface area contributed by atoms with E-state index in [2.05, 4.69) is 5.32 Å². The van der Waals surface area contributed by atoms with E-state index in [4.69, 9.17) is 5.73 Å². The molecule has 0 fully saturated rings. The second kappa shape index (κ2) is 6.39. The quantitative estimate of drug-likeness (QED) is 0.772. The molecule has 0 aliphatic carbocycles. The molecule has 94 valence electrons. The zero-order valence-electron chi connectivity index (χ0n) is 10.2. The Kier molecular flexibility index (Phi) is 5.15. The molecule has 1 rings (SSSR count). The lowest BCUT2D eigenvalue weighted by Gasteiger charge is -2.09. The topological polar surface area (TPSA) is 72.2 Å². The molecule has 1 amide bonds. The van der Waals surface area contributed by atoms with Gasteiger partial charge in [0.1, 0.15) is 0 Å². The second-order valence-corrected chi connectivity index (χ2v) is 5.59. The van der Waals surface area contributed by atoms with Gasteiger partial charge in [-0.15, -0.1) is 0 Å². The molecule has 0 bridgehead atoms. The molecule has 0 aromatic heterocycles. The first-order valence-electron chi connectivity index (χ1n) is 5.54. The third-order valence-corrected chi connectivity index (χ3v) is 3.77. The highest BCUT2D eigenvalue weighted by atomic mass is 32.2. The predicted octanol–water partition coefficient (Wildman–Crippen LogP) is 1.08. The molecule has 4 nitrogen and oxygen atoms in total. The Bertz CT molecular complexity index is 412. The van der Waals surface area contributed by atoms with Crippen molar-refractivity contribution in [3.05, 3.63) is 29.3 Å². The number of benzene rings is 1. The Labute approximate surface area is 104 Å². The molecule has 0 aliphatic heterocycles. The zero-order chi connectivity index (χ0) is 12.8. The summed E-state index contributed by atoms with van der Waals surface area (Å²) in [6.45, 7) is 4.11. The maximum absolute atomic E-state index is 11.9. The summed E-state index contributed by atoms with van der Waals surface area (Å²) < 4.78 is 11.2. The van der Waals surface area contributed by atoms with Crippen LogP contribution in [0.15, 0.2) is 18.2 Å². The van der Waals surface area contributed by atoms with E-state index in [0.717, 1.165) is 5.56 Å². The number of carbonyl (C=O) groups is 1. The van der Waals surface area contributed by atoms with Gasteiger partial charge in [-0.2, -0.15) is 0 Å². The monoisotopic (exact) mass is 254 g/mol. The minimum Gasteiger partial charge on any atom is -0.398 e. The summed E-state index contributed by atoms with van der Waals surface area (Å²) in [7, 11) is -0.856. The molecular weight excluding hydrogens is 236 g/mol. The van der Waals surface area contributed by atoms with Crippen LogP contribution in [0.3, 0.4) is 0 Å². The predicted molar refractivity (Wildman–Crippen MR) is 71.5 cm³/mol. The Hall–Kier alpha value is -1.36. The fourth-order valence-electron chi connectivity index (χ4n) is 1.51.